The van der Waals surface area contributed by atoms with Crippen LogP contribution in [0.3, 0.4) is 0 Å². The summed E-state index contributed by atoms with van der Waals surface area (Å²) < 4.78 is 1.64. The van der Waals surface area contributed by atoms with Gasteiger partial charge in [-0.2, -0.15) is 0 Å². The molecule has 5 nitrogen and oxygen atoms in total. The molecule has 0 aliphatic rings. The summed E-state index contributed by atoms with van der Waals surface area (Å²) in [6.07, 6.45) is 3.00. The average Bonchev–Trinajstić information content (AvgIpc) is 2.72. The second-order valence-corrected chi connectivity index (χ2v) is 3.39. The Kier molecular flexibility index (Phi) is 1.83. The molecule has 1 N–H and O–H groups in total. The van der Waals surface area contributed by atoms with Crippen LogP contribution in [0.4, 0.5) is 0 Å². The van der Waals surface area contributed by atoms with E-state index < -0.39 is 0 Å². The van der Waals surface area contributed by atoms with Gasteiger partial charge >= 0.3 is 0 Å². The standard InChI is InChI=1S/C11H8N4O/c16-9-5-8(6-12-7-9)15-11-4-2-1-3-10(11)13-14-15/h1-7,16H. The van der Waals surface area contributed by atoms with Crippen molar-refractivity contribution < 1.29 is 5.11 Å². The predicted molar refractivity (Wildman–Crippen MR) is 58.3 cm³/mol. The Morgan fingerprint density at radius 1 is 1.12 bits per heavy atom. The quantitative estimate of drug-likeness (QED) is 0.664. The summed E-state index contributed by atoms with van der Waals surface area (Å²) in [6, 6.07) is 9.21. The molecule has 0 amide bonds. The third-order valence-electron chi connectivity index (χ3n) is 2.31. The minimum Gasteiger partial charge on any atom is -0.506 e. The van der Waals surface area contributed by atoms with Gasteiger partial charge in [-0.3, -0.25) is 4.98 Å². The van der Waals surface area contributed by atoms with E-state index in [1.54, 1.807) is 16.9 Å². The number of pyridine rings is 1. The summed E-state index contributed by atoms with van der Waals surface area (Å²) in [4.78, 5) is 3.91. The van der Waals surface area contributed by atoms with Gasteiger partial charge in [0.2, 0.25) is 0 Å². The summed E-state index contributed by atoms with van der Waals surface area (Å²) in [6.45, 7) is 0. The van der Waals surface area contributed by atoms with Crippen LogP contribution in [0.2, 0.25) is 0 Å². The molecular formula is C11H8N4O. The number of hydrogen-bond donors (Lipinski definition) is 1. The number of para-hydroxylation sites is 1. The highest BCUT2D eigenvalue weighted by Gasteiger charge is 2.05. The van der Waals surface area contributed by atoms with Crippen molar-refractivity contribution >= 4 is 11.0 Å². The van der Waals surface area contributed by atoms with E-state index in [0.29, 0.717) is 5.69 Å². The molecule has 0 aliphatic heterocycles. The van der Waals surface area contributed by atoms with Crippen LogP contribution >= 0.6 is 0 Å². The molecule has 0 aliphatic carbocycles. The first-order chi connectivity index (χ1) is 7.84. The fourth-order valence-corrected chi connectivity index (χ4v) is 1.59. The first-order valence-electron chi connectivity index (χ1n) is 4.79. The number of benzene rings is 1. The smallest absolute Gasteiger partial charge is 0.136 e. The molecule has 5 heteroatoms. The average molecular weight is 212 g/mol. The van der Waals surface area contributed by atoms with Gasteiger partial charge in [0, 0.05) is 6.07 Å². The maximum absolute atomic E-state index is 9.36. The van der Waals surface area contributed by atoms with Crippen molar-refractivity contribution in [1.82, 2.24) is 20.0 Å². The molecule has 0 unspecified atom stereocenters. The van der Waals surface area contributed by atoms with Gasteiger partial charge in [0.15, 0.2) is 0 Å². The van der Waals surface area contributed by atoms with Gasteiger partial charge in [-0.25, -0.2) is 4.68 Å². The number of rotatable bonds is 1. The maximum atomic E-state index is 9.36. The molecule has 0 radical (unpaired) electrons. The van der Waals surface area contributed by atoms with Crippen molar-refractivity contribution in [1.29, 1.82) is 0 Å². The zero-order valence-electron chi connectivity index (χ0n) is 8.28. The molecule has 0 bridgehead atoms. The Labute approximate surface area is 91.0 Å². The van der Waals surface area contributed by atoms with E-state index in [9.17, 15) is 5.11 Å². The van der Waals surface area contributed by atoms with Gasteiger partial charge in [0.25, 0.3) is 0 Å². The molecule has 78 valence electrons. The van der Waals surface area contributed by atoms with Crippen molar-refractivity contribution in [3.05, 3.63) is 42.7 Å². The summed E-state index contributed by atoms with van der Waals surface area (Å²) in [5.74, 6) is 0.108. The highest BCUT2D eigenvalue weighted by atomic mass is 16.3. The molecule has 3 rings (SSSR count). The van der Waals surface area contributed by atoms with Crippen LogP contribution in [0.25, 0.3) is 16.7 Å². The molecule has 0 fully saturated rings. The molecule has 3 aromatic rings. The number of hydrogen-bond acceptors (Lipinski definition) is 4. The summed E-state index contributed by atoms with van der Waals surface area (Å²) in [5.41, 5.74) is 2.38. The number of nitrogens with zero attached hydrogens (tertiary/aromatic N) is 4. The summed E-state index contributed by atoms with van der Waals surface area (Å²) >= 11 is 0. The normalized spacial score (nSPS) is 10.8. The Morgan fingerprint density at radius 2 is 2.00 bits per heavy atom. The molecule has 0 spiro atoms. The van der Waals surface area contributed by atoms with E-state index in [0.717, 1.165) is 11.0 Å². The van der Waals surface area contributed by atoms with Gasteiger partial charge in [-0.05, 0) is 12.1 Å². The minimum atomic E-state index is 0.108. The Bertz CT molecular complexity index is 647. The van der Waals surface area contributed by atoms with E-state index in [2.05, 4.69) is 15.3 Å². The largest absolute Gasteiger partial charge is 0.506 e. The van der Waals surface area contributed by atoms with Crippen LogP contribution in [-0.4, -0.2) is 25.1 Å². The number of aromatic hydroxyl groups is 1. The van der Waals surface area contributed by atoms with Crippen LogP contribution in [0.15, 0.2) is 42.7 Å². The number of aromatic nitrogens is 4. The van der Waals surface area contributed by atoms with Crippen LogP contribution in [0.5, 0.6) is 5.75 Å². The van der Waals surface area contributed by atoms with Crippen molar-refractivity contribution in [3.63, 3.8) is 0 Å². The Hall–Kier alpha value is -2.43. The third-order valence-corrected chi connectivity index (χ3v) is 2.31. The lowest BCUT2D eigenvalue weighted by molar-refractivity contribution is 0.472. The zero-order valence-corrected chi connectivity index (χ0v) is 8.28. The lowest BCUT2D eigenvalue weighted by Gasteiger charge is -2.01. The molecule has 0 atom stereocenters. The molecule has 0 saturated carbocycles. The molecule has 2 aromatic heterocycles. The predicted octanol–water partition coefficient (Wildman–Crippen LogP) is 1.52. The first-order valence-corrected chi connectivity index (χ1v) is 4.79. The van der Waals surface area contributed by atoms with Crippen LogP contribution < -0.4 is 0 Å². The van der Waals surface area contributed by atoms with E-state index in [4.69, 9.17) is 0 Å². The summed E-state index contributed by atoms with van der Waals surface area (Å²) in [7, 11) is 0. The van der Waals surface area contributed by atoms with Gasteiger partial charge in [0.05, 0.1) is 23.6 Å². The van der Waals surface area contributed by atoms with Crippen molar-refractivity contribution in [3.8, 4) is 11.4 Å². The van der Waals surface area contributed by atoms with Gasteiger partial charge < -0.3 is 5.11 Å². The first kappa shape index (κ1) is 8.84. The topological polar surface area (TPSA) is 63.8 Å². The molecule has 16 heavy (non-hydrogen) atoms. The second-order valence-electron chi connectivity index (χ2n) is 3.39. The van der Waals surface area contributed by atoms with Crippen molar-refractivity contribution in [2.75, 3.05) is 0 Å². The molecule has 0 saturated heterocycles. The van der Waals surface area contributed by atoms with E-state index in [1.807, 2.05) is 24.3 Å². The summed E-state index contributed by atoms with van der Waals surface area (Å²) in [5, 5.41) is 17.4. The SMILES string of the molecule is Oc1cncc(-n2nnc3ccccc32)c1. The van der Waals surface area contributed by atoms with E-state index in [-0.39, 0.29) is 5.75 Å². The Morgan fingerprint density at radius 3 is 2.88 bits per heavy atom. The second kappa shape index (κ2) is 3.30. The Balaban J connectivity index is 2.26. The van der Waals surface area contributed by atoms with E-state index in [1.165, 1.54) is 6.20 Å². The van der Waals surface area contributed by atoms with Crippen LogP contribution in [0.1, 0.15) is 0 Å². The molecule has 2 heterocycles. The fraction of sp³-hybridized carbons (Fsp3) is 0. The highest BCUT2D eigenvalue weighted by Crippen LogP contribution is 2.17. The zero-order chi connectivity index (χ0) is 11.0. The lowest BCUT2D eigenvalue weighted by atomic mass is 10.3. The highest BCUT2D eigenvalue weighted by molar-refractivity contribution is 5.75. The maximum Gasteiger partial charge on any atom is 0.136 e. The van der Waals surface area contributed by atoms with E-state index >= 15 is 0 Å². The number of fused-ring (bicyclic) bond motifs is 1. The van der Waals surface area contributed by atoms with Crippen LogP contribution in [0, 0.1) is 0 Å². The lowest BCUT2D eigenvalue weighted by Crippen LogP contribution is -1.96. The monoisotopic (exact) mass is 212 g/mol. The van der Waals surface area contributed by atoms with Gasteiger partial charge in [-0.1, -0.05) is 17.3 Å². The third kappa shape index (κ3) is 1.30. The van der Waals surface area contributed by atoms with Crippen LogP contribution in [-0.2, 0) is 0 Å². The molecular weight excluding hydrogens is 204 g/mol. The fourth-order valence-electron chi connectivity index (χ4n) is 1.59. The van der Waals surface area contributed by atoms with Gasteiger partial charge in [-0.15, -0.1) is 5.10 Å². The minimum absolute atomic E-state index is 0.108. The van der Waals surface area contributed by atoms with Gasteiger partial charge in [0.1, 0.15) is 11.3 Å². The molecule has 1 aromatic carbocycles. The van der Waals surface area contributed by atoms with Crippen molar-refractivity contribution in [2.24, 2.45) is 0 Å². The van der Waals surface area contributed by atoms with Crippen molar-refractivity contribution in [2.45, 2.75) is 0 Å².